The molecule has 0 heterocycles. The molecule has 0 amide bonds. The summed E-state index contributed by atoms with van der Waals surface area (Å²) in [6.07, 6.45) is 14.1. The first-order valence-electron chi connectivity index (χ1n) is 5.54. The van der Waals surface area contributed by atoms with Crippen LogP contribution < -0.4 is 0 Å². The highest BCUT2D eigenvalue weighted by molar-refractivity contribution is 5.46. The second-order valence-corrected chi connectivity index (χ2v) is 4.92. The van der Waals surface area contributed by atoms with Gasteiger partial charge in [-0.2, -0.15) is 0 Å². The molecule has 0 fully saturated rings. The third-order valence-corrected chi connectivity index (χ3v) is 4.38. The van der Waals surface area contributed by atoms with Gasteiger partial charge in [-0.1, -0.05) is 35.5 Å². The normalized spacial score (nSPS) is 49.2. The van der Waals surface area contributed by atoms with Gasteiger partial charge in [0, 0.05) is 0 Å². The van der Waals surface area contributed by atoms with Crippen LogP contribution in [-0.4, -0.2) is 0 Å². The van der Waals surface area contributed by atoms with Crippen LogP contribution in [0.3, 0.4) is 0 Å². The topological polar surface area (TPSA) is 0 Å². The summed E-state index contributed by atoms with van der Waals surface area (Å²) < 4.78 is 0. The Morgan fingerprint density at radius 2 is 1.15 bits per heavy atom. The van der Waals surface area contributed by atoms with Crippen LogP contribution in [0.1, 0.15) is 19.3 Å². The predicted molar refractivity (Wildman–Crippen MR) is 53.1 cm³/mol. The van der Waals surface area contributed by atoms with E-state index in [1.54, 1.807) is 0 Å². The summed E-state index contributed by atoms with van der Waals surface area (Å²) in [5.41, 5.74) is 3.68. The van der Waals surface area contributed by atoms with Gasteiger partial charge < -0.3 is 0 Å². The largest absolute Gasteiger partial charge is 0.0807 e. The monoisotopic (exact) mass is 170 g/mol. The zero-order valence-electron chi connectivity index (χ0n) is 7.74. The van der Waals surface area contributed by atoms with E-state index in [9.17, 15) is 0 Å². The lowest BCUT2D eigenvalue weighted by Crippen LogP contribution is -2.24. The molecule has 0 aromatic rings. The van der Waals surface area contributed by atoms with Crippen molar-refractivity contribution in [3.63, 3.8) is 0 Å². The Morgan fingerprint density at radius 3 is 1.62 bits per heavy atom. The van der Waals surface area contributed by atoms with E-state index in [1.165, 1.54) is 19.3 Å². The molecule has 4 bridgehead atoms. The summed E-state index contributed by atoms with van der Waals surface area (Å²) in [6.45, 7) is 0. The van der Waals surface area contributed by atoms with Gasteiger partial charge in [-0.15, -0.1) is 0 Å². The standard InChI is InChI=1S/C13H14/c1-2-9-4-3-8(1)12-10-5-6-11(7-10)13(9)12/h1-2,5-6,8-11H,3-4,7H2/t8-,9+,10+,11-. The highest BCUT2D eigenvalue weighted by atomic mass is 14.5. The minimum Gasteiger partial charge on any atom is -0.0807 e. The van der Waals surface area contributed by atoms with E-state index < -0.39 is 0 Å². The van der Waals surface area contributed by atoms with Crippen molar-refractivity contribution in [2.24, 2.45) is 23.7 Å². The Labute approximate surface area is 79.0 Å². The molecule has 0 spiro atoms. The van der Waals surface area contributed by atoms with Crippen molar-refractivity contribution in [2.45, 2.75) is 19.3 Å². The van der Waals surface area contributed by atoms with Crippen LogP contribution in [0, 0.1) is 23.7 Å². The smallest absolute Gasteiger partial charge is 0.000536 e. The van der Waals surface area contributed by atoms with Gasteiger partial charge in [0.05, 0.1) is 0 Å². The van der Waals surface area contributed by atoms with Crippen LogP contribution >= 0.6 is 0 Å². The van der Waals surface area contributed by atoms with Crippen LogP contribution in [0.2, 0.25) is 0 Å². The molecule has 4 atom stereocenters. The molecule has 0 unspecified atom stereocenters. The summed E-state index contributed by atoms with van der Waals surface area (Å²) >= 11 is 0. The number of hydrogen-bond acceptors (Lipinski definition) is 0. The molecule has 0 nitrogen and oxygen atoms in total. The van der Waals surface area contributed by atoms with Crippen molar-refractivity contribution in [3.05, 3.63) is 35.5 Å². The molecule has 5 rings (SSSR count). The molecule has 0 aromatic heterocycles. The van der Waals surface area contributed by atoms with E-state index >= 15 is 0 Å². The Kier molecular flexibility index (Phi) is 1.02. The Morgan fingerprint density at radius 1 is 0.692 bits per heavy atom. The minimum absolute atomic E-state index is 0.833. The van der Waals surface area contributed by atoms with Gasteiger partial charge in [0.2, 0.25) is 0 Å². The number of fused-ring (bicyclic) bond motifs is 3. The number of allylic oxidation sites excluding steroid dienone is 6. The maximum absolute atomic E-state index is 2.47. The molecule has 5 aliphatic rings. The van der Waals surface area contributed by atoms with Crippen molar-refractivity contribution in [1.29, 1.82) is 0 Å². The van der Waals surface area contributed by atoms with Gasteiger partial charge in [-0.05, 0) is 42.9 Å². The third-order valence-electron chi connectivity index (χ3n) is 4.38. The lowest BCUT2D eigenvalue weighted by molar-refractivity contribution is 0.461. The molecular weight excluding hydrogens is 156 g/mol. The highest BCUT2D eigenvalue weighted by Crippen LogP contribution is 2.56. The van der Waals surface area contributed by atoms with E-state index in [0.29, 0.717) is 0 Å². The zero-order valence-corrected chi connectivity index (χ0v) is 7.74. The molecule has 0 aromatic carbocycles. The van der Waals surface area contributed by atoms with Crippen molar-refractivity contribution < 1.29 is 0 Å². The van der Waals surface area contributed by atoms with Gasteiger partial charge in [-0.3, -0.25) is 0 Å². The van der Waals surface area contributed by atoms with Crippen LogP contribution in [0.25, 0.3) is 0 Å². The first-order valence-corrected chi connectivity index (χ1v) is 5.54. The van der Waals surface area contributed by atoms with E-state index in [1.807, 2.05) is 11.1 Å². The fourth-order valence-corrected chi connectivity index (χ4v) is 3.90. The molecule has 0 saturated carbocycles. The first kappa shape index (κ1) is 6.64. The lowest BCUT2D eigenvalue weighted by atomic mass is 9.68. The van der Waals surface area contributed by atoms with Gasteiger partial charge in [-0.25, -0.2) is 0 Å². The predicted octanol–water partition coefficient (Wildman–Crippen LogP) is 3.08. The fraction of sp³-hybridized carbons (Fsp3) is 0.538. The van der Waals surface area contributed by atoms with E-state index in [0.717, 1.165) is 23.7 Å². The summed E-state index contributed by atoms with van der Waals surface area (Å²) in [4.78, 5) is 0. The van der Waals surface area contributed by atoms with Crippen molar-refractivity contribution in [1.82, 2.24) is 0 Å². The molecule has 0 N–H and O–H groups in total. The van der Waals surface area contributed by atoms with Gasteiger partial charge in [0.15, 0.2) is 0 Å². The molecule has 13 heavy (non-hydrogen) atoms. The highest BCUT2D eigenvalue weighted by Gasteiger charge is 2.44. The van der Waals surface area contributed by atoms with Gasteiger partial charge in [0.1, 0.15) is 0 Å². The van der Waals surface area contributed by atoms with Crippen molar-refractivity contribution in [2.75, 3.05) is 0 Å². The molecule has 0 heteroatoms. The van der Waals surface area contributed by atoms with E-state index in [2.05, 4.69) is 24.3 Å². The van der Waals surface area contributed by atoms with Crippen molar-refractivity contribution >= 4 is 0 Å². The maximum atomic E-state index is 2.47. The van der Waals surface area contributed by atoms with E-state index in [-0.39, 0.29) is 0 Å². The maximum Gasteiger partial charge on any atom is -0.000536 e. The third kappa shape index (κ3) is 0.653. The molecular formula is C13H14. The lowest BCUT2D eigenvalue weighted by Gasteiger charge is -2.36. The zero-order chi connectivity index (χ0) is 8.41. The molecule has 0 radical (unpaired) electrons. The quantitative estimate of drug-likeness (QED) is 0.490. The summed E-state index contributed by atoms with van der Waals surface area (Å²) in [7, 11) is 0. The molecule has 0 saturated heterocycles. The van der Waals surface area contributed by atoms with Crippen LogP contribution in [0.5, 0.6) is 0 Å². The number of hydrogen-bond donors (Lipinski definition) is 0. The van der Waals surface area contributed by atoms with Crippen LogP contribution in [0.4, 0.5) is 0 Å². The Balaban J connectivity index is 1.92. The van der Waals surface area contributed by atoms with Gasteiger partial charge >= 0.3 is 0 Å². The second kappa shape index (κ2) is 2.00. The van der Waals surface area contributed by atoms with Gasteiger partial charge in [0.25, 0.3) is 0 Å². The average molecular weight is 170 g/mol. The summed E-state index contributed by atoms with van der Waals surface area (Å²) in [6, 6.07) is 0. The molecule has 5 aliphatic carbocycles. The average Bonchev–Trinajstić information content (AvgIpc) is 2.80. The summed E-state index contributed by atoms with van der Waals surface area (Å²) in [5, 5.41) is 0. The fourth-order valence-electron chi connectivity index (χ4n) is 3.90. The SMILES string of the molecule is C1=C[C@H]2C[C@@H]1C1=C2[C@@H]2C=C[C@H]1CC2. The first-order chi connectivity index (χ1) is 6.43. The Bertz CT molecular complexity index is 324. The number of rotatable bonds is 0. The summed E-state index contributed by atoms with van der Waals surface area (Å²) in [5.74, 6) is 3.36. The Hall–Kier alpha value is -0.780. The van der Waals surface area contributed by atoms with Crippen LogP contribution in [0.15, 0.2) is 35.5 Å². The molecule has 66 valence electrons. The second-order valence-electron chi connectivity index (χ2n) is 4.92. The minimum atomic E-state index is 0.833. The van der Waals surface area contributed by atoms with Crippen molar-refractivity contribution in [3.8, 4) is 0 Å². The van der Waals surface area contributed by atoms with Crippen LogP contribution in [-0.2, 0) is 0 Å². The van der Waals surface area contributed by atoms with E-state index in [4.69, 9.17) is 0 Å². The molecule has 0 aliphatic heterocycles.